The molecule has 0 saturated carbocycles. The Balaban J connectivity index is 1.51. The molecular weight excluding hydrogens is 510 g/mol. The van der Waals surface area contributed by atoms with Crippen LogP contribution in [0.5, 0.6) is 11.5 Å². The number of rotatable bonds is 10. The van der Waals surface area contributed by atoms with Gasteiger partial charge in [0.1, 0.15) is 17.2 Å². The second-order valence-corrected chi connectivity index (χ2v) is 10.00. The lowest BCUT2D eigenvalue weighted by atomic mass is 10.0. The number of aryl methyl sites for hydroxylation is 2. The third-order valence-corrected chi connectivity index (χ3v) is 7.14. The maximum Gasteiger partial charge on any atom is 0.341 e. The van der Waals surface area contributed by atoms with Crippen LogP contribution in [0.1, 0.15) is 38.8 Å². The highest BCUT2D eigenvalue weighted by Gasteiger charge is 2.25. The molecule has 0 unspecified atom stereocenters. The van der Waals surface area contributed by atoms with Gasteiger partial charge in [0.05, 0.1) is 13.7 Å². The van der Waals surface area contributed by atoms with Crippen LogP contribution in [0.15, 0.2) is 78.9 Å². The lowest BCUT2D eigenvalue weighted by Gasteiger charge is -2.12. The second kappa shape index (κ2) is 12.9. The maximum absolute atomic E-state index is 12.9. The molecule has 0 aliphatic heterocycles. The summed E-state index contributed by atoms with van der Waals surface area (Å²) in [4.78, 5) is 26.7. The van der Waals surface area contributed by atoms with Crippen molar-refractivity contribution in [1.29, 1.82) is 0 Å². The number of hydrogen-bond acceptors (Lipinski definition) is 6. The van der Waals surface area contributed by atoms with Crippen LogP contribution in [-0.4, -0.2) is 25.6 Å². The van der Waals surface area contributed by atoms with Gasteiger partial charge < -0.3 is 19.5 Å². The number of hydrogen-bond donors (Lipinski definition) is 1. The van der Waals surface area contributed by atoms with Crippen molar-refractivity contribution < 1.29 is 23.8 Å². The van der Waals surface area contributed by atoms with Gasteiger partial charge in [0.2, 0.25) is 5.91 Å². The molecule has 0 bridgehead atoms. The summed E-state index contributed by atoms with van der Waals surface area (Å²) < 4.78 is 16.8. The fraction of sp³-hybridized carbons (Fsp3) is 0.188. The van der Waals surface area contributed by atoms with Gasteiger partial charge in [-0.25, -0.2) is 4.79 Å². The molecule has 200 valence electrons. The van der Waals surface area contributed by atoms with E-state index in [-0.39, 0.29) is 12.5 Å². The molecule has 4 rings (SSSR count). The van der Waals surface area contributed by atoms with E-state index in [9.17, 15) is 9.59 Å². The summed E-state index contributed by atoms with van der Waals surface area (Å²) in [5, 5.41) is 3.33. The monoisotopic (exact) mass is 541 g/mol. The van der Waals surface area contributed by atoms with Crippen molar-refractivity contribution in [2.75, 3.05) is 19.0 Å². The van der Waals surface area contributed by atoms with E-state index in [0.29, 0.717) is 28.7 Å². The van der Waals surface area contributed by atoms with Crippen LogP contribution in [0.4, 0.5) is 5.00 Å². The SMILES string of the molecule is CCOC(=O)c1c(NC(=O)/C=C/c2ccc(OCc3ccccc3C)c(OC)c2)sc(C)c1-c1ccccc1. The summed E-state index contributed by atoms with van der Waals surface area (Å²) in [6.45, 7) is 6.39. The molecular formula is C32H31NO5S. The van der Waals surface area contributed by atoms with Crippen LogP contribution in [0.25, 0.3) is 17.2 Å². The first-order chi connectivity index (χ1) is 18.9. The first-order valence-corrected chi connectivity index (χ1v) is 13.4. The van der Waals surface area contributed by atoms with E-state index in [4.69, 9.17) is 14.2 Å². The highest BCUT2D eigenvalue weighted by Crippen LogP contribution is 2.40. The molecule has 1 aromatic heterocycles. The Hall–Kier alpha value is -4.36. The smallest absolute Gasteiger partial charge is 0.341 e. The number of carbonyl (C=O) groups is 2. The van der Waals surface area contributed by atoms with Crippen LogP contribution in [-0.2, 0) is 16.1 Å². The first kappa shape index (κ1) is 27.7. The van der Waals surface area contributed by atoms with Gasteiger partial charge in [-0.2, -0.15) is 0 Å². The predicted octanol–water partition coefficient (Wildman–Crippen LogP) is 7.45. The van der Waals surface area contributed by atoms with Gasteiger partial charge in [-0.05, 0) is 61.2 Å². The third kappa shape index (κ3) is 6.75. The Labute approximate surface area is 232 Å². The molecule has 0 radical (unpaired) electrons. The van der Waals surface area contributed by atoms with Crippen molar-refractivity contribution in [1.82, 2.24) is 0 Å². The molecule has 1 amide bonds. The predicted molar refractivity (Wildman–Crippen MR) is 157 cm³/mol. The normalized spacial score (nSPS) is 10.9. The summed E-state index contributed by atoms with van der Waals surface area (Å²) in [5.41, 5.74) is 5.05. The summed E-state index contributed by atoms with van der Waals surface area (Å²) in [6.07, 6.45) is 3.11. The standard InChI is InChI=1S/C32H31NO5S/c1-5-37-32(35)30-29(24-12-7-6-8-13-24)22(3)39-31(30)33-28(34)18-16-23-15-17-26(27(19-23)36-4)38-20-25-14-10-9-11-21(25)2/h6-19H,5,20H2,1-4H3,(H,33,34)/b18-16+. The van der Waals surface area contributed by atoms with Gasteiger partial charge in [0.25, 0.3) is 0 Å². The number of esters is 1. The van der Waals surface area contributed by atoms with E-state index < -0.39 is 5.97 Å². The fourth-order valence-electron chi connectivity index (χ4n) is 4.14. The number of anilines is 1. The summed E-state index contributed by atoms with van der Waals surface area (Å²) in [5.74, 6) is 0.354. The second-order valence-electron chi connectivity index (χ2n) is 8.77. The Kier molecular flexibility index (Phi) is 9.18. The number of methoxy groups -OCH3 is 1. The van der Waals surface area contributed by atoms with Crippen molar-refractivity contribution in [2.24, 2.45) is 0 Å². The molecule has 0 atom stereocenters. The van der Waals surface area contributed by atoms with Gasteiger partial charge in [-0.3, -0.25) is 4.79 Å². The van der Waals surface area contributed by atoms with Gasteiger partial charge in [-0.1, -0.05) is 60.7 Å². The van der Waals surface area contributed by atoms with Crippen molar-refractivity contribution in [3.05, 3.63) is 106 Å². The molecule has 0 fully saturated rings. The molecule has 39 heavy (non-hydrogen) atoms. The lowest BCUT2D eigenvalue weighted by Crippen LogP contribution is -2.12. The van der Waals surface area contributed by atoms with Gasteiger partial charge in [-0.15, -0.1) is 11.3 Å². The Morgan fingerprint density at radius 3 is 2.41 bits per heavy atom. The Morgan fingerprint density at radius 2 is 1.69 bits per heavy atom. The minimum atomic E-state index is -0.467. The van der Waals surface area contributed by atoms with Crippen molar-refractivity contribution in [3.63, 3.8) is 0 Å². The molecule has 7 heteroatoms. The molecule has 0 aliphatic rings. The Bertz CT molecular complexity index is 1490. The number of carbonyl (C=O) groups excluding carboxylic acids is 2. The van der Waals surface area contributed by atoms with E-state index in [1.807, 2.05) is 86.6 Å². The van der Waals surface area contributed by atoms with Gasteiger partial charge in [0.15, 0.2) is 11.5 Å². The van der Waals surface area contributed by atoms with E-state index in [1.54, 1.807) is 20.1 Å². The van der Waals surface area contributed by atoms with Crippen LogP contribution in [0.3, 0.4) is 0 Å². The number of thiophene rings is 1. The molecule has 6 nitrogen and oxygen atoms in total. The first-order valence-electron chi connectivity index (χ1n) is 12.6. The van der Waals surface area contributed by atoms with Crippen LogP contribution < -0.4 is 14.8 Å². The lowest BCUT2D eigenvalue weighted by molar-refractivity contribution is -0.111. The zero-order valence-corrected chi connectivity index (χ0v) is 23.3. The molecule has 0 aliphatic carbocycles. The largest absolute Gasteiger partial charge is 0.493 e. The molecule has 1 heterocycles. The number of benzene rings is 3. The highest BCUT2D eigenvalue weighted by atomic mass is 32.1. The average Bonchev–Trinajstić information content (AvgIpc) is 3.27. The van der Waals surface area contributed by atoms with E-state index in [0.717, 1.165) is 32.7 Å². The van der Waals surface area contributed by atoms with Crippen LogP contribution in [0.2, 0.25) is 0 Å². The molecule has 3 aromatic carbocycles. The summed E-state index contributed by atoms with van der Waals surface area (Å²) >= 11 is 1.35. The van der Waals surface area contributed by atoms with Crippen LogP contribution >= 0.6 is 11.3 Å². The van der Waals surface area contributed by atoms with Crippen molar-refractivity contribution >= 4 is 34.3 Å². The number of ether oxygens (including phenoxy) is 3. The molecule has 0 spiro atoms. The number of amides is 1. The maximum atomic E-state index is 12.9. The molecule has 0 saturated heterocycles. The quantitative estimate of drug-likeness (QED) is 0.167. The van der Waals surface area contributed by atoms with Gasteiger partial charge in [0, 0.05) is 16.5 Å². The molecule has 1 N–H and O–H groups in total. The zero-order valence-electron chi connectivity index (χ0n) is 22.4. The molecule has 4 aromatic rings. The number of nitrogens with one attached hydrogen (secondary N) is 1. The van der Waals surface area contributed by atoms with E-state index >= 15 is 0 Å². The fourth-order valence-corrected chi connectivity index (χ4v) is 5.21. The highest BCUT2D eigenvalue weighted by molar-refractivity contribution is 7.17. The Morgan fingerprint density at radius 1 is 0.949 bits per heavy atom. The van der Waals surface area contributed by atoms with E-state index in [1.165, 1.54) is 17.4 Å². The summed E-state index contributed by atoms with van der Waals surface area (Å²) in [7, 11) is 1.58. The zero-order chi connectivity index (χ0) is 27.8. The van der Waals surface area contributed by atoms with Gasteiger partial charge >= 0.3 is 5.97 Å². The van der Waals surface area contributed by atoms with Crippen LogP contribution in [0, 0.1) is 13.8 Å². The van der Waals surface area contributed by atoms with Crippen molar-refractivity contribution in [3.8, 4) is 22.6 Å². The minimum Gasteiger partial charge on any atom is -0.493 e. The van der Waals surface area contributed by atoms with Crippen molar-refractivity contribution in [2.45, 2.75) is 27.4 Å². The van der Waals surface area contributed by atoms with E-state index in [2.05, 4.69) is 5.32 Å². The summed E-state index contributed by atoms with van der Waals surface area (Å²) in [6, 6.07) is 23.2. The minimum absolute atomic E-state index is 0.238. The average molecular weight is 542 g/mol. The topological polar surface area (TPSA) is 73.9 Å². The third-order valence-electron chi connectivity index (χ3n) is 6.12.